The predicted molar refractivity (Wildman–Crippen MR) is 109 cm³/mol. The molecule has 0 spiro atoms. The Morgan fingerprint density at radius 2 is 1.87 bits per heavy atom. The summed E-state index contributed by atoms with van der Waals surface area (Å²) in [5.74, 6) is 1.74. The van der Waals surface area contributed by atoms with E-state index in [1.54, 1.807) is 41.6 Å². The zero-order chi connectivity index (χ0) is 21.2. The normalized spacial score (nSPS) is 13.8. The summed E-state index contributed by atoms with van der Waals surface area (Å²) in [6, 6.07) is 10.6. The molecule has 0 unspecified atom stereocenters. The van der Waals surface area contributed by atoms with Crippen LogP contribution in [0.15, 0.2) is 57.8 Å². The van der Waals surface area contributed by atoms with Gasteiger partial charge in [0.25, 0.3) is 0 Å². The summed E-state index contributed by atoms with van der Waals surface area (Å²) < 4.78 is 10.6. The quantitative estimate of drug-likeness (QED) is 0.505. The van der Waals surface area contributed by atoms with Gasteiger partial charge in [0.1, 0.15) is 5.69 Å². The van der Waals surface area contributed by atoms with E-state index in [-0.39, 0.29) is 18.5 Å². The van der Waals surface area contributed by atoms with E-state index < -0.39 is 0 Å². The van der Waals surface area contributed by atoms with Crippen LogP contribution in [0.1, 0.15) is 17.6 Å². The van der Waals surface area contributed by atoms with E-state index in [9.17, 15) is 4.79 Å². The number of aromatic nitrogens is 5. The molecular weight excluding hydrogens is 422 g/mol. The molecule has 3 aromatic heterocycles. The summed E-state index contributed by atoms with van der Waals surface area (Å²) in [7, 11) is 0. The zero-order valence-corrected chi connectivity index (χ0v) is 16.9. The molecule has 0 aliphatic carbocycles. The molecule has 0 saturated carbocycles. The maximum absolute atomic E-state index is 12.4. The van der Waals surface area contributed by atoms with Crippen LogP contribution in [0, 0.1) is 0 Å². The third-order valence-corrected chi connectivity index (χ3v) is 5.09. The second kappa shape index (κ2) is 8.15. The maximum Gasteiger partial charge on any atom is 0.317 e. The van der Waals surface area contributed by atoms with E-state index >= 15 is 0 Å². The molecule has 1 aliphatic heterocycles. The van der Waals surface area contributed by atoms with Crippen LogP contribution in [0.2, 0.25) is 5.02 Å². The summed E-state index contributed by atoms with van der Waals surface area (Å²) in [6.45, 7) is 1.20. The number of halogens is 1. The molecule has 0 radical (unpaired) electrons. The summed E-state index contributed by atoms with van der Waals surface area (Å²) in [5, 5.41) is 11.4. The number of urea groups is 1. The molecule has 2 amide bonds. The zero-order valence-electron chi connectivity index (χ0n) is 16.1. The first-order valence-electron chi connectivity index (χ1n) is 9.51. The summed E-state index contributed by atoms with van der Waals surface area (Å²) >= 11 is 5.90. The smallest absolute Gasteiger partial charge is 0.317 e. The molecule has 1 N–H and O–H groups in total. The standard InChI is InChI=1S/C20H16ClN7O3/c21-14-4-2-12(3-5-14)16-8-15(30-26-16)9-24-20(29)28-10-13(11-28)19-25-18(27-31-19)17-22-6-1-7-23-17/h1-8,13H,9-11H2,(H,24,29). The first kappa shape index (κ1) is 19.2. The molecule has 5 rings (SSSR count). The molecule has 0 bridgehead atoms. The number of benzene rings is 1. The Bertz CT molecular complexity index is 1190. The largest absolute Gasteiger partial charge is 0.359 e. The van der Waals surface area contributed by atoms with Gasteiger partial charge in [-0.2, -0.15) is 4.98 Å². The highest BCUT2D eigenvalue weighted by molar-refractivity contribution is 6.30. The van der Waals surface area contributed by atoms with Crippen LogP contribution < -0.4 is 5.32 Å². The van der Waals surface area contributed by atoms with Crippen LogP contribution in [0.5, 0.6) is 0 Å². The van der Waals surface area contributed by atoms with E-state index in [2.05, 4.69) is 30.6 Å². The number of likely N-dealkylation sites (tertiary alicyclic amines) is 1. The first-order valence-corrected chi connectivity index (χ1v) is 9.89. The van der Waals surface area contributed by atoms with Gasteiger partial charge in [-0.15, -0.1) is 0 Å². The maximum atomic E-state index is 12.4. The van der Waals surface area contributed by atoms with Gasteiger partial charge in [0, 0.05) is 42.1 Å². The number of amides is 2. The average molecular weight is 438 g/mol. The van der Waals surface area contributed by atoms with Gasteiger partial charge in [-0.25, -0.2) is 14.8 Å². The summed E-state index contributed by atoms with van der Waals surface area (Å²) in [6.07, 6.45) is 3.22. The van der Waals surface area contributed by atoms with Crippen molar-refractivity contribution in [2.24, 2.45) is 0 Å². The minimum absolute atomic E-state index is 0.0162. The van der Waals surface area contributed by atoms with E-state index in [4.69, 9.17) is 20.6 Å². The van der Waals surface area contributed by atoms with Gasteiger partial charge >= 0.3 is 6.03 Å². The van der Waals surface area contributed by atoms with Gasteiger partial charge < -0.3 is 19.3 Å². The Morgan fingerprint density at radius 1 is 1.10 bits per heavy atom. The molecule has 1 saturated heterocycles. The molecular formula is C20H16ClN7O3. The molecule has 1 aliphatic rings. The van der Waals surface area contributed by atoms with E-state index in [1.807, 2.05) is 12.1 Å². The van der Waals surface area contributed by atoms with Crippen molar-refractivity contribution in [1.82, 2.24) is 35.5 Å². The lowest BCUT2D eigenvalue weighted by atomic mass is 10.0. The monoisotopic (exact) mass is 437 g/mol. The van der Waals surface area contributed by atoms with E-state index in [0.29, 0.717) is 47.1 Å². The number of rotatable bonds is 5. The SMILES string of the molecule is O=C(NCc1cc(-c2ccc(Cl)cc2)no1)N1CC(c2nc(-c3ncccn3)no2)C1. The molecule has 4 heterocycles. The number of hydrogen-bond donors (Lipinski definition) is 1. The Hall–Kier alpha value is -3.79. The molecule has 31 heavy (non-hydrogen) atoms. The van der Waals surface area contributed by atoms with Crippen molar-refractivity contribution in [1.29, 1.82) is 0 Å². The van der Waals surface area contributed by atoms with Crippen LogP contribution in [0.3, 0.4) is 0 Å². The van der Waals surface area contributed by atoms with Crippen molar-refractivity contribution >= 4 is 17.6 Å². The van der Waals surface area contributed by atoms with E-state index in [1.165, 1.54) is 0 Å². The summed E-state index contributed by atoms with van der Waals surface area (Å²) in [4.78, 5) is 26.6. The van der Waals surface area contributed by atoms with E-state index in [0.717, 1.165) is 5.56 Å². The first-order chi connectivity index (χ1) is 15.2. The molecule has 156 valence electrons. The van der Waals surface area contributed by atoms with Crippen molar-refractivity contribution in [2.75, 3.05) is 13.1 Å². The summed E-state index contributed by atoms with van der Waals surface area (Å²) in [5.41, 5.74) is 1.57. The van der Waals surface area contributed by atoms with Gasteiger partial charge in [-0.1, -0.05) is 34.0 Å². The lowest BCUT2D eigenvalue weighted by molar-refractivity contribution is 0.136. The van der Waals surface area contributed by atoms with Crippen molar-refractivity contribution in [3.05, 3.63) is 65.5 Å². The number of nitrogens with zero attached hydrogens (tertiary/aromatic N) is 6. The van der Waals surface area contributed by atoms with Gasteiger partial charge in [-0.3, -0.25) is 0 Å². The number of carbonyl (C=O) groups is 1. The van der Waals surface area contributed by atoms with Crippen LogP contribution in [-0.2, 0) is 6.54 Å². The number of nitrogens with one attached hydrogen (secondary N) is 1. The second-order valence-electron chi connectivity index (χ2n) is 6.97. The Balaban J connectivity index is 1.12. The fraction of sp³-hybridized carbons (Fsp3) is 0.200. The minimum Gasteiger partial charge on any atom is -0.359 e. The predicted octanol–water partition coefficient (Wildman–Crippen LogP) is 3.14. The highest BCUT2D eigenvalue weighted by Crippen LogP contribution is 2.27. The third-order valence-electron chi connectivity index (χ3n) is 4.84. The second-order valence-corrected chi connectivity index (χ2v) is 7.41. The fourth-order valence-electron chi connectivity index (χ4n) is 3.13. The van der Waals surface area contributed by atoms with Crippen molar-refractivity contribution in [3.63, 3.8) is 0 Å². The lowest BCUT2D eigenvalue weighted by Crippen LogP contribution is -2.52. The van der Waals surface area contributed by atoms with Crippen molar-refractivity contribution in [3.8, 4) is 22.9 Å². The molecule has 1 fully saturated rings. The van der Waals surface area contributed by atoms with Gasteiger partial charge in [0.15, 0.2) is 5.76 Å². The van der Waals surface area contributed by atoms with Gasteiger partial charge in [0.05, 0.1) is 12.5 Å². The van der Waals surface area contributed by atoms with Crippen LogP contribution in [-0.4, -0.2) is 49.3 Å². The van der Waals surface area contributed by atoms with Crippen LogP contribution >= 0.6 is 11.6 Å². The Morgan fingerprint density at radius 3 is 2.65 bits per heavy atom. The number of hydrogen-bond acceptors (Lipinski definition) is 8. The minimum atomic E-state index is -0.202. The molecule has 10 nitrogen and oxygen atoms in total. The fourth-order valence-corrected chi connectivity index (χ4v) is 3.26. The molecule has 1 aromatic carbocycles. The topological polar surface area (TPSA) is 123 Å². The van der Waals surface area contributed by atoms with Crippen molar-refractivity contribution in [2.45, 2.75) is 12.5 Å². The average Bonchev–Trinajstić information content (AvgIpc) is 3.43. The van der Waals surface area contributed by atoms with Crippen molar-refractivity contribution < 1.29 is 13.8 Å². The Kier molecular flexibility index (Phi) is 5.04. The highest BCUT2D eigenvalue weighted by atomic mass is 35.5. The molecule has 11 heteroatoms. The molecule has 0 atom stereocenters. The van der Waals surface area contributed by atoms with Crippen LogP contribution in [0.25, 0.3) is 22.9 Å². The van der Waals surface area contributed by atoms with Crippen LogP contribution in [0.4, 0.5) is 4.79 Å². The van der Waals surface area contributed by atoms with Gasteiger partial charge in [-0.05, 0) is 18.2 Å². The lowest BCUT2D eigenvalue weighted by Gasteiger charge is -2.36. The highest BCUT2D eigenvalue weighted by Gasteiger charge is 2.36. The van der Waals surface area contributed by atoms with Gasteiger partial charge in [0.2, 0.25) is 17.5 Å². The number of carbonyl (C=O) groups excluding carboxylic acids is 1. The molecule has 4 aromatic rings. The third kappa shape index (κ3) is 4.10. The Labute approximate surface area is 181 Å².